The van der Waals surface area contributed by atoms with Gasteiger partial charge in [0.15, 0.2) is 11.5 Å². The first-order valence-corrected chi connectivity index (χ1v) is 8.58. The summed E-state index contributed by atoms with van der Waals surface area (Å²) < 4.78 is 20.5. The van der Waals surface area contributed by atoms with E-state index in [4.69, 9.17) is 24.7 Å². The highest BCUT2D eigenvalue weighted by molar-refractivity contribution is 6.07. The van der Waals surface area contributed by atoms with Gasteiger partial charge < -0.3 is 30.0 Å². The van der Waals surface area contributed by atoms with Crippen molar-refractivity contribution in [2.45, 2.75) is 0 Å². The van der Waals surface area contributed by atoms with Crippen molar-refractivity contribution in [2.24, 2.45) is 15.7 Å². The van der Waals surface area contributed by atoms with Crippen LogP contribution in [0.2, 0.25) is 0 Å². The largest absolute Gasteiger partial charge is 0.493 e. The van der Waals surface area contributed by atoms with Gasteiger partial charge in [-0.05, 0) is 30.3 Å². The lowest BCUT2D eigenvalue weighted by atomic mass is 10.1. The van der Waals surface area contributed by atoms with Gasteiger partial charge in [-0.3, -0.25) is 4.79 Å². The fraction of sp³-hybridized carbons (Fsp3) is 0.200. The molecule has 2 aromatic rings. The summed E-state index contributed by atoms with van der Waals surface area (Å²) in [4.78, 5) is 32.6. The van der Waals surface area contributed by atoms with E-state index in [1.807, 2.05) is 0 Å². The molecule has 2 aromatic carbocycles. The third-order valence-corrected chi connectivity index (χ3v) is 3.94. The normalized spacial score (nSPS) is 10.8. The molecule has 0 aliphatic heterocycles. The van der Waals surface area contributed by atoms with Gasteiger partial charge in [0.1, 0.15) is 6.34 Å². The fourth-order valence-electron chi connectivity index (χ4n) is 2.53. The molecule has 0 unspecified atom stereocenters. The first-order chi connectivity index (χ1) is 14.5. The van der Waals surface area contributed by atoms with E-state index in [-0.39, 0.29) is 16.8 Å². The molecule has 3 N–H and O–H groups in total. The number of aliphatic imine (C=N–C) groups is 2. The number of hydrogen-bond acceptors (Lipinski definition) is 7. The average molecular weight is 414 g/mol. The average Bonchev–Trinajstić information content (AvgIpc) is 2.78. The van der Waals surface area contributed by atoms with E-state index in [2.05, 4.69) is 15.3 Å². The van der Waals surface area contributed by atoms with E-state index < -0.39 is 11.9 Å². The molecule has 30 heavy (non-hydrogen) atoms. The predicted octanol–water partition coefficient (Wildman–Crippen LogP) is 2.40. The van der Waals surface area contributed by atoms with Crippen LogP contribution in [0.5, 0.6) is 17.2 Å². The summed E-state index contributed by atoms with van der Waals surface area (Å²) in [6.45, 7) is 0. The Morgan fingerprint density at radius 1 is 0.967 bits per heavy atom. The third kappa shape index (κ3) is 5.04. The van der Waals surface area contributed by atoms with Crippen LogP contribution in [0.1, 0.15) is 20.7 Å². The summed E-state index contributed by atoms with van der Waals surface area (Å²) in [6, 6.07) is 7.50. The van der Waals surface area contributed by atoms with E-state index in [9.17, 15) is 9.59 Å². The molecule has 0 spiro atoms. The summed E-state index contributed by atoms with van der Waals surface area (Å²) >= 11 is 0. The van der Waals surface area contributed by atoms with Crippen LogP contribution in [0.3, 0.4) is 0 Å². The van der Waals surface area contributed by atoms with Gasteiger partial charge in [-0.25, -0.2) is 14.8 Å². The monoisotopic (exact) mass is 414 g/mol. The summed E-state index contributed by atoms with van der Waals surface area (Å²) in [5, 5.41) is 2.72. The predicted molar refractivity (Wildman–Crippen MR) is 113 cm³/mol. The number of hydrogen-bond donors (Lipinski definition) is 2. The van der Waals surface area contributed by atoms with E-state index >= 15 is 0 Å². The number of nitrogens with one attached hydrogen (secondary N) is 1. The first-order valence-electron chi connectivity index (χ1n) is 8.58. The van der Waals surface area contributed by atoms with E-state index in [1.54, 1.807) is 6.07 Å². The number of benzene rings is 2. The second kappa shape index (κ2) is 10.5. The minimum atomic E-state index is -0.561. The van der Waals surface area contributed by atoms with Crippen LogP contribution in [0.25, 0.3) is 0 Å². The molecule has 0 heterocycles. The van der Waals surface area contributed by atoms with Crippen LogP contribution in [-0.2, 0) is 4.74 Å². The lowest BCUT2D eigenvalue weighted by Crippen LogP contribution is -2.13. The molecule has 1 amide bonds. The Kier molecular flexibility index (Phi) is 7.74. The van der Waals surface area contributed by atoms with Crippen molar-refractivity contribution >= 4 is 35.9 Å². The number of esters is 1. The SMILES string of the molecule is COC(=O)c1ccc(N=CN=CN)c(NC(=O)c2cc(OC)c(OC)c(OC)c2)c1. The van der Waals surface area contributed by atoms with Crippen molar-refractivity contribution in [1.29, 1.82) is 0 Å². The molecule has 0 aromatic heterocycles. The number of amides is 1. The van der Waals surface area contributed by atoms with E-state index in [1.165, 1.54) is 59.0 Å². The Labute approximate surface area is 173 Å². The van der Waals surface area contributed by atoms with Gasteiger partial charge in [0, 0.05) is 5.56 Å². The zero-order valence-electron chi connectivity index (χ0n) is 17.0. The maximum atomic E-state index is 12.9. The Morgan fingerprint density at radius 2 is 1.63 bits per heavy atom. The van der Waals surface area contributed by atoms with Gasteiger partial charge in [-0.1, -0.05) is 0 Å². The number of carbonyl (C=O) groups is 2. The van der Waals surface area contributed by atoms with Crippen molar-refractivity contribution in [2.75, 3.05) is 33.8 Å². The Morgan fingerprint density at radius 3 is 2.17 bits per heavy atom. The zero-order chi connectivity index (χ0) is 22.1. The molecule has 0 atom stereocenters. The number of rotatable bonds is 8. The van der Waals surface area contributed by atoms with E-state index in [0.717, 1.165) is 6.34 Å². The highest BCUT2D eigenvalue weighted by atomic mass is 16.5. The van der Waals surface area contributed by atoms with Crippen molar-refractivity contribution in [3.63, 3.8) is 0 Å². The van der Waals surface area contributed by atoms with Gasteiger partial charge in [0.2, 0.25) is 5.75 Å². The number of methoxy groups -OCH3 is 4. The summed E-state index contributed by atoms with van der Waals surface area (Å²) in [5.41, 5.74) is 6.29. The second-order valence-corrected chi connectivity index (χ2v) is 5.63. The lowest BCUT2D eigenvalue weighted by molar-refractivity contribution is 0.0600. The van der Waals surface area contributed by atoms with E-state index in [0.29, 0.717) is 22.9 Å². The quantitative estimate of drug-likeness (QED) is 0.385. The summed E-state index contributed by atoms with van der Waals surface area (Å²) in [7, 11) is 5.62. The Balaban J connectivity index is 2.46. The standard InChI is InChI=1S/C20H22N4O6/c1-27-16-8-13(9-17(28-2)18(16)29-3)19(25)24-15-7-12(20(26)30-4)5-6-14(15)23-11-22-10-21/h5-11H,1-4H3,(H,24,25)(H2,21,22,23). The molecule has 0 saturated carbocycles. The number of ether oxygens (including phenoxy) is 4. The number of anilines is 1. The molecule has 10 nitrogen and oxygen atoms in total. The lowest BCUT2D eigenvalue weighted by Gasteiger charge is -2.15. The Bertz CT molecular complexity index is 962. The summed E-state index contributed by atoms with van der Waals surface area (Å²) in [5.74, 6) is -0.0558. The highest BCUT2D eigenvalue weighted by Crippen LogP contribution is 2.38. The summed E-state index contributed by atoms with van der Waals surface area (Å²) in [6.07, 6.45) is 2.28. The van der Waals surface area contributed by atoms with Crippen LogP contribution in [-0.4, -0.2) is 53.0 Å². The molecule has 0 bridgehead atoms. The van der Waals surface area contributed by atoms with Crippen molar-refractivity contribution < 1.29 is 28.5 Å². The van der Waals surface area contributed by atoms with Gasteiger partial charge in [0.05, 0.1) is 51.7 Å². The van der Waals surface area contributed by atoms with Gasteiger partial charge in [-0.15, -0.1) is 0 Å². The molecule has 0 aliphatic rings. The van der Waals surface area contributed by atoms with Crippen LogP contribution < -0.4 is 25.3 Å². The van der Waals surface area contributed by atoms with Crippen LogP contribution in [0.15, 0.2) is 40.3 Å². The zero-order valence-corrected chi connectivity index (χ0v) is 17.0. The van der Waals surface area contributed by atoms with Crippen molar-refractivity contribution in [3.05, 3.63) is 41.5 Å². The topological polar surface area (TPSA) is 134 Å². The van der Waals surface area contributed by atoms with Gasteiger partial charge in [0.25, 0.3) is 5.91 Å². The Hall–Kier alpha value is -4.08. The molecule has 0 radical (unpaired) electrons. The third-order valence-electron chi connectivity index (χ3n) is 3.94. The molecule has 0 aliphatic carbocycles. The maximum Gasteiger partial charge on any atom is 0.337 e. The van der Waals surface area contributed by atoms with Crippen LogP contribution in [0.4, 0.5) is 11.4 Å². The van der Waals surface area contributed by atoms with Crippen LogP contribution in [0, 0.1) is 0 Å². The molecular weight excluding hydrogens is 392 g/mol. The minimum Gasteiger partial charge on any atom is -0.493 e. The van der Waals surface area contributed by atoms with Crippen molar-refractivity contribution in [1.82, 2.24) is 0 Å². The first kappa shape index (κ1) is 22.2. The van der Waals surface area contributed by atoms with Gasteiger partial charge in [-0.2, -0.15) is 0 Å². The minimum absolute atomic E-state index is 0.235. The van der Waals surface area contributed by atoms with Crippen LogP contribution >= 0.6 is 0 Å². The number of nitrogens with zero attached hydrogens (tertiary/aromatic N) is 2. The smallest absolute Gasteiger partial charge is 0.337 e. The van der Waals surface area contributed by atoms with Crippen molar-refractivity contribution in [3.8, 4) is 17.2 Å². The van der Waals surface area contributed by atoms with Gasteiger partial charge >= 0.3 is 5.97 Å². The molecule has 10 heteroatoms. The molecule has 0 fully saturated rings. The molecular formula is C20H22N4O6. The number of carbonyl (C=O) groups excluding carboxylic acids is 2. The fourth-order valence-corrected chi connectivity index (χ4v) is 2.53. The maximum absolute atomic E-state index is 12.9. The molecule has 158 valence electrons. The second-order valence-electron chi connectivity index (χ2n) is 5.63. The molecule has 2 rings (SSSR count). The molecule has 0 saturated heterocycles. The number of nitrogens with two attached hydrogens (primary N) is 1. The highest BCUT2D eigenvalue weighted by Gasteiger charge is 2.18.